The number of hydrogen-bond donors (Lipinski definition) is 3. The number of nitrogens with zero attached hydrogens (tertiary/aromatic N) is 1. The molecule has 0 spiro atoms. The van der Waals surface area contributed by atoms with Gasteiger partial charge in [-0.3, -0.25) is 9.69 Å². The Balaban J connectivity index is 1.62. The second-order valence-corrected chi connectivity index (χ2v) is 8.46. The molecule has 1 unspecified atom stereocenters. The van der Waals surface area contributed by atoms with Gasteiger partial charge < -0.3 is 16.4 Å². The number of carbonyl (C=O) groups is 1. The Morgan fingerprint density at radius 3 is 2.56 bits per heavy atom. The molecule has 166 valence electrons. The van der Waals surface area contributed by atoms with Crippen LogP contribution in [0.3, 0.4) is 0 Å². The lowest BCUT2D eigenvalue weighted by Gasteiger charge is -2.31. The van der Waals surface area contributed by atoms with Crippen LogP contribution in [0.1, 0.15) is 37.8 Å². The number of hydrogen-bond acceptors (Lipinski definition) is 4. The van der Waals surface area contributed by atoms with Crippen molar-refractivity contribution in [3.63, 3.8) is 0 Å². The van der Waals surface area contributed by atoms with Crippen molar-refractivity contribution in [2.24, 2.45) is 0 Å². The molecule has 1 amide bonds. The average Bonchev–Trinajstić information content (AvgIpc) is 3.09. The van der Waals surface area contributed by atoms with E-state index in [0.29, 0.717) is 5.57 Å². The smallest absolute Gasteiger partial charge is 0.256 e. The number of nitrogens with one attached hydrogen (secondary N) is 2. The molecule has 5 heteroatoms. The van der Waals surface area contributed by atoms with E-state index in [2.05, 4.69) is 60.6 Å². The summed E-state index contributed by atoms with van der Waals surface area (Å²) in [6, 6.07) is 12.0. The van der Waals surface area contributed by atoms with Crippen LogP contribution in [0.15, 0.2) is 66.4 Å². The number of aryl methyl sites for hydroxylation is 1. The van der Waals surface area contributed by atoms with E-state index < -0.39 is 0 Å². The summed E-state index contributed by atoms with van der Waals surface area (Å²) in [5.41, 5.74) is 13.5. The predicted molar refractivity (Wildman–Crippen MR) is 134 cm³/mol. The van der Waals surface area contributed by atoms with Crippen molar-refractivity contribution in [3.05, 3.63) is 77.5 Å². The average molecular weight is 429 g/mol. The van der Waals surface area contributed by atoms with Crippen LogP contribution in [0.2, 0.25) is 0 Å². The summed E-state index contributed by atoms with van der Waals surface area (Å²) < 4.78 is 0. The van der Waals surface area contributed by atoms with Crippen molar-refractivity contribution in [2.45, 2.75) is 39.8 Å². The topological polar surface area (TPSA) is 70.4 Å². The molecule has 0 aromatic heterocycles. The molecule has 2 heterocycles. The van der Waals surface area contributed by atoms with Crippen molar-refractivity contribution in [3.8, 4) is 11.1 Å². The maximum atomic E-state index is 12.7. The molecular weight excluding hydrogens is 396 g/mol. The Labute approximate surface area is 190 Å². The molecule has 2 aromatic rings. The van der Waals surface area contributed by atoms with Crippen LogP contribution in [0.5, 0.6) is 0 Å². The van der Waals surface area contributed by atoms with Gasteiger partial charge in [0.1, 0.15) is 0 Å². The number of anilines is 2. The van der Waals surface area contributed by atoms with E-state index >= 15 is 0 Å². The van der Waals surface area contributed by atoms with Crippen molar-refractivity contribution in [2.75, 3.05) is 24.1 Å². The number of rotatable bonds is 7. The number of dihydropyridines is 1. The second-order valence-electron chi connectivity index (χ2n) is 8.46. The summed E-state index contributed by atoms with van der Waals surface area (Å²) in [7, 11) is 0. The maximum absolute atomic E-state index is 12.7. The van der Waals surface area contributed by atoms with Crippen LogP contribution in [0.25, 0.3) is 16.7 Å². The molecule has 0 saturated heterocycles. The number of fused-ring (bicyclic) bond motifs is 1. The zero-order valence-electron chi connectivity index (χ0n) is 19.1. The quantitative estimate of drug-likeness (QED) is 0.425. The number of nitrogens with two attached hydrogens (primary N) is 1. The first-order valence-corrected chi connectivity index (χ1v) is 11.4. The fraction of sp³-hybridized carbons (Fsp3) is 0.296. The lowest BCUT2D eigenvalue weighted by Crippen LogP contribution is -2.44. The van der Waals surface area contributed by atoms with Gasteiger partial charge in [0, 0.05) is 47.4 Å². The minimum absolute atomic E-state index is 0.0788. The van der Waals surface area contributed by atoms with E-state index in [4.69, 9.17) is 5.73 Å². The SMILES string of the molecule is CCCN(CCC)C1C=CC(/C=C2\C(=O)Nc3ccc(-c4c(C)cccc4N)cc32)=CN1. The van der Waals surface area contributed by atoms with Crippen molar-refractivity contribution >= 4 is 22.9 Å². The summed E-state index contributed by atoms with van der Waals surface area (Å²) >= 11 is 0. The first-order chi connectivity index (χ1) is 15.5. The Hall–Kier alpha value is -3.31. The van der Waals surface area contributed by atoms with Crippen molar-refractivity contribution < 1.29 is 4.79 Å². The van der Waals surface area contributed by atoms with E-state index in [9.17, 15) is 4.79 Å². The first-order valence-electron chi connectivity index (χ1n) is 11.4. The molecule has 2 aliphatic rings. The zero-order chi connectivity index (χ0) is 22.7. The van der Waals surface area contributed by atoms with Gasteiger partial charge in [-0.25, -0.2) is 0 Å². The molecule has 2 aliphatic heterocycles. The Morgan fingerprint density at radius 2 is 1.91 bits per heavy atom. The fourth-order valence-electron chi connectivity index (χ4n) is 4.51. The second kappa shape index (κ2) is 9.45. The van der Waals surface area contributed by atoms with Gasteiger partial charge in [0.05, 0.1) is 6.17 Å². The summed E-state index contributed by atoms with van der Waals surface area (Å²) in [6.07, 6.45) is 10.7. The van der Waals surface area contributed by atoms with Crippen LogP contribution < -0.4 is 16.4 Å². The van der Waals surface area contributed by atoms with Crippen LogP contribution in [0.4, 0.5) is 11.4 Å². The Morgan fingerprint density at radius 1 is 1.12 bits per heavy atom. The van der Waals surface area contributed by atoms with Crippen LogP contribution in [0, 0.1) is 6.92 Å². The van der Waals surface area contributed by atoms with Gasteiger partial charge in [0.15, 0.2) is 0 Å². The van der Waals surface area contributed by atoms with E-state index in [0.717, 1.165) is 65.1 Å². The number of carbonyl (C=O) groups excluding carboxylic acids is 1. The molecular formula is C27H32N4O. The molecule has 1 atom stereocenters. The predicted octanol–water partition coefficient (Wildman–Crippen LogP) is 5.07. The van der Waals surface area contributed by atoms with Gasteiger partial charge in [-0.2, -0.15) is 0 Å². The van der Waals surface area contributed by atoms with E-state index in [1.165, 1.54) is 0 Å². The maximum Gasteiger partial charge on any atom is 0.256 e. The Kier molecular flexibility index (Phi) is 6.47. The van der Waals surface area contributed by atoms with E-state index in [-0.39, 0.29) is 12.1 Å². The number of benzene rings is 2. The number of allylic oxidation sites excluding steroid dienone is 3. The molecule has 2 aromatic carbocycles. The summed E-state index contributed by atoms with van der Waals surface area (Å²) in [5, 5.41) is 6.48. The standard InChI is InChI=1S/C27H32N4O/c1-4-13-31(14-5-2)25-12-9-19(17-29-25)15-22-21-16-20(10-11-24(21)30-27(22)32)26-18(3)7-6-8-23(26)28/h6-12,15-17,25,29H,4-5,13-14,28H2,1-3H3,(H,30,32)/b22-15-. The minimum Gasteiger partial charge on any atom is -0.398 e. The molecule has 0 bridgehead atoms. The lowest BCUT2D eigenvalue weighted by molar-refractivity contribution is -0.110. The van der Waals surface area contributed by atoms with Crippen molar-refractivity contribution in [1.29, 1.82) is 0 Å². The monoisotopic (exact) mass is 428 g/mol. The molecule has 0 saturated carbocycles. The third-order valence-electron chi connectivity index (χ3n) is 6.01. The summed E-state index contributed by atoms with van der Waals surface area (Å²) in [4.78, 5) is 15.2. The first kappa shape index (κ1) is 21.9. The highest BCUT2D eigenvalue weighted by Crippen LogP contribution is 2.38. The molecule has 32 heavy (non-hydrogen) atoms. The highest BCUT2D eigenvalue weighted by Gasteiger charge is 2.25. The third kappa shape index (κ3) is 4.34. The molecule has 4 N–H and O–H groups in total. The fourth-order valence-corrected chi connectivity index (χ4v) is 4.51. The summed E-state index contributed by atoms with van der Waals surface area (Å²) in [6.45, 7) is 8.58. The summed E-state index contributed by atoms with van der Waals surface area (Å²) in [5.74, 6) is -0.0788. The highest BCUT2D eigenvalue weighted by atomic mass is 16.2. The molecule has 5 nitrogen and oxygen atoms in total. The van der Waals surface area contributed by atoms with Crippen molar-refractivity contribution in [1.82, 2.24) is 10.2 Å². The minimum atomic E-state index is -0.0788. The van der Waals surface area contributed by atoms with Gasteiger partial charge in [-0.1, -0.05) is 38.1 Å². The molecule has 4 rings (SSSR count). The number of amides is 1. The van der Waals surface area contributed by atoms with Gasteiger partial charge in [0.25, 0.3) is 5.91 Å². The molecule has 0 fully saturated rings. The highest BCUT2D eigenvalue weighted by molar-refractivity contribution is 6.32. The van der Waals surface area contributed by atoms with E-state index in [1.54, 1.807) is 0 Å². The van der Waals surface area contributed by atoms with Crippen LogP contribution in [-0.4, -0.2) is 30.1 Å². The van der Waals surface area contributed by atoms with E-state index in [1.807, 2.05) is 36.5 Å². The largest absolute Gasteiger partial charge is 0.398 e. The van der Waals surface area contributed by atoms with Crippen LogP contribution in [-0.2, 0) is 4.79 Å². The van der Waals surface area contributed by atoms with Gasteiger partial charge >= 0.3 is 0 Å². The normalized spacial score (nSPS) is 18.5. The van der Waals surface area contributed by atoms with Gasteiger partial charge in [-0.15, -0.1) is 0 Å². The Bertz CT molecular complexity index is 1090. The van der Waals surface area contributed by atoms with Crippen LogP contribution >= 0.6 is 0 Å². The third-order valence-corrected chi connectivity index (χ3v) is 6.01. The zero-order valence-corrected chi connectivity index (χ0v) is 19.1. The lowest BCUT2D eigenvalue weighted by atomic mass is 9.94. The molecule has 0 aliphatic carbocycles. The van der Waals surface area contributed by atoms with Gasteiger partial charge in [-0.05, 0) is 66.8 Å². The van der Waals surface area contributed by atoms with Gasteiger partial charge in [0.2, 0.25) is 0 Å². The number of nitrogen functional groups attached to an aromatic ring is 1. The molecule has 0 radical (unpaired) electrons.